The number of rotatable bonds is 3. The fourth-order valence-corrected chi connectivity index (χ4v) is 4.84. The van der Waals surface area contributed by atoms with E-state index in [2.05, 4.69) is 55.2 Å². The first kappa shape index (κ1) is 15.7. The van der Waals surface area contributed by atoms with Gasteiger partial charge in [0.1, 0.15) is 0 Å². The number of carbonyl (C=O) groups is 1. The van der Waals surface area contributed by atoms with Crippen molar-refractivity contribution in [3.8, 4) is 0 Å². The minimum atomic E-state index is 0.0672. The first-order chi connectivity index (χ1) is 11.6. The Morgan fingerprint density at radius 1 is 1.33 bits per heavy atom. The van der Waals surface area contributed by atoms with Crippen LogP contribution in [0.25, 0.3) is 10.9 Å². The van der Waals surface area contributed by atoms with Crippen LogP contribution in [0.4, 0.5) is 0 Å². The molecule has 0 unspecified atom stereocenters. The van der Waals surface area contributed by atoms with Crippen LogP contribution in [0.3, 0.4) is 0 Å². The average Bonchev–Trinajstić information content (AvgIpc) is 2.93. The molecular weight excluding hydrogens is 298 g/mol. The third-order valence-corrected chi connectivity index (χ3v) is 6.19. The minimum absolute atomic E-state index is 0.0672. The quantitative estimate of drug-likeness (QED) is 0.942. The molecule has 0 spiro atoms. The fraction of sp³-hybridized carbons (Fsp3) is 0.550. The molecule has 128 valence electrons. The molecule has 2 heterocycles. The zero-order valence-electron chi connectivity index (χ0n) is 14.9. The van der Waals surface area contributed by atoms with Crippen LogP contribution in [0.15, 0.2) is 24.4 Å². The molecule has 2 aromatic rings. The van der Waals surface area contributed by atoms with E-state index < -0.39 is 0 Å². The highest BCUT2D eigenvalue weighted by molar-refractivity contribution is 5.89. The number of piperidine rings is 1. The van der Waals surface area contributed by atoms with Crippen molar-refractivity contribution in [2.24, 2.45) is 5.92 Å². The monoisotopic (exact) mass is 325 g/mol. The molecule has 1 amide bonds. The summed E-state index contributed by atoms with van der Waals surface area (Å²) < 4.78 is 0. The summed E-state index contributed by atoms with van der Waals surface area (Å²) in [6.07, 6.45) is 4.34. The van der Waals surface area contributed by atoms with Gasteiger partial charge in [-0.3, -0.25) is 4.79 Å². The molecule has 1 saturated heterocycles. The number of aromatic nitrogens is 1. The van der Waals surface area contributed by atoms with Gasteiger partial charge >= 0.3 is 0 Å². The molecule has 1 fully saturated rings. The number of hydrogen-bond donors (Lipinski definition) is 1. The first-order valence-electron chi connectivity index (χ1n) is 9.21. The van der Waals surface area contributed by atoms with Crippen molar-refractivity contribution in [1.82, 2.24) is 14.8 Å². The van der Waals surface area contributed by atoms with Crippen LogP contribution in [-0.4, -0.2) is 53.4 Å². The number of likely N-dealkylation sites (tertiary alicyclic amines) is 1. The molecule has 3 atom stereocenters. The standard InChI is InChI=1S/C20H27N3O/c1-4-23(5-2)20(24)17-12-22(3)14-9-13-11-21-18-8-6-7-15(19(13)18)16(17)10-14/h6-8,11,14,16-17,21H,4-5,9-10,12H2,1-3H3/t14-,16-,17-/m0/s1. The maximum absolute atomic E-state index is 13.2. The van der Waals surface area contributed by atoms with Gasteiger partial charge in [0, 0.05) is 42.8 Å². The smallest absolute Gasteiger partial charge is 0.227 e. The average molecular weight is 325 g/mol. The third kappa shape index (κ3) is 2.27. The zero-order chi connectivity index (χ0) is 16.8. The second-order valence-electron chi connectivity index (χ2n) is 7.34. The van der Waals surface area contributed by atoms with Crippen molar-refractivity contribution < 1.29 is 4.79 Å². The Morgan fingerprint density at radius 2 is 2.12 bits per heavy atom. The summed E-state index contributed by atoms with van der Waals surface area (Å²) in [4.78, 5) is 21.0. The third-order valence-electron chi connectivity index (χ3n) is 6.19. The van der Waals surface area contributed by atoms with Crippen molar-refractivity contribution in [1.29, 1.82) is 0 Å². The Hall–Kier alpha value is -1.81. The maximum Gasteiger partial charge on any atom is 0.227 e. The van der Waals surface area contributed by atoms with Gasteiger partial charge in [0.15, 0.2) is 0 Å². The summed E-state index contributed by atoms with van der Waals surface area (Å²) in [5, 5.41) is 1.37. The highest BCUT2D eigenvalue weighted by atomic mass is 16.2. The number of carbonyl (C=O) groups excluding carboxylic acids is 1. The highest BCUT2D eigenvalue weighted by Gasteiger charge is 2.42. The van der Waals surface area contributed by atoms with Gasteiger partial charge in [-0.05, 0) is 56.8 Å². The number of hydrogen-bond acceptors (Lipinski definition) is 2. The highest BCUT2D eigenvalue weighted by Crippen LogP contribution is 2.44. The van der Waals surface area contributed by atoms with Gasteiger partial charge in [-0.1, -0.05) is 12.1 Å². The van der Waals surface area contributed by atoms with Gasteiger partial charge in [0.25, 0.3) is 0 Å². The van der Waals surface area contributed by atoms with Crippen molar-refractivity contribution in [3.63, 3.8) is 0 Å². The lowest BCUT2D eigenvalue weighted by Crippen LogP contribution is -2.50. The van der Waals surface area contributed by atoms with Crippen LogP contribution in [0.2, 0.25) is 0 Å². The van der Waals surface area contributed by atoms with Crippen molar-refractivity contribution in [2.45, 2.75) is 38.6 Å². The van der Waals surface area contributed by atoms with E-state index in [4.69, 9.17) is 0 Å². The zero-order valence-corrected chi connectivity index (χ0v) is 14.9. The van der Waals surface area contributed by atoms with Gasteiger partial charge in [0.05, 0.1) is 5.92 Å². The van der Waals surface area contributed by atoms with E-state index >= 15 is 0 Å². The molecule has 1 aromatic carbocycles. The number of aromatic amines is 1. The number of fused-ring (bicyclic) bond motifs is 3. The molecule has 1 N–H and O–H groups in total. The topological polar surface area (TPSA) is 39.3 Å². The molecule has 4 rings (SSSR count). The van der Waals surface area contributed by atoms with E-state index in [9.17, 15) is 4.79 Å². The normalized spacial score (nSPS) is 26.4. The number of benzene rings is 1. The van der Waals surface area contributed by atoms with E-state index in [0.717, 1.165) is 32.5 Å². The second-order valence-corrected chi connectivity index (χ2v) is 7.34. The Labute approximate surface area is 143 Å². The number of nitrogens with zero attached hydrogens (tertiary/aromatic N) is 2. The van der Waals surface area contributed by atoms with Gasteiger partial charge in [-0.2, -0.15) is 0 Å². The lowest BCUT2D eigenvalue weighted by atomic mass is 9.77. The predicted molar refractivity (Wildman–Crippen MR) is 97.2 cm³/mol. The molecule has 1 aromatic heterocycles. The lowest BCUT2D eigenvalue weighted by Gasteiger charge is -2.42. The van der Waals surface area contributed by atoms with Gasteiger partial charge < -0.3 is 14.8 Å². The van der Waals surface area contributed by atoms with E-state index in [0.29, 0.717) is 17.9 Å². The van der Waals surface area contributed by atoms with Gasteiger partial charge in [-0.15, -0.1) is 0 Å². The Balaban J connectivity index is 1.82. The minimum Gasteiger partial charge on any atom is -0.361 e. The van der Waals surface area contributed by atoms with E-state index in [1.165, 1.54) is 22.0 Å². The van der Waals surface area contributed by atoms with Gasteiger partial charge in [0.2, 0.25) is 5.91 Å². The molecule has 0 radical (unpaired) electrons. The van der Waals surface area contributed by atoms with Crippen LogP contribution >= 0.6 is 0 Å². The molecule has 4 nitrogen and oxygen atoms in total. The molecule has 0 saturated carbocycles. The second kappa shape index (κ2) is 5.92. The molecule has 24 heavy (non-hydrogen) atoms. The van der Waals surface area contributed by atoms with Crippen molar-refractivity contribution in [2.75, 3.05) is 26.7 Å². The van der Waals surface area contributed by atoms with Gasteiger partial charge in [-0.25, -0.2) is 0 Å². The van der Waals surface area contributed by atoms with Crippen LogP contribution in [0.5, 0.6) is 0 Å². The number of likely N-dealkylation sites (N-methyl/N-ethyl adjacent to an activating group) is 1. The summed E-state index contributed by atoms with van der Waals surface area (Å²) in [6.45, 7) is 6.62. The first-order valence-corrected chi connectivity index (χ1v) is 9.21. The molecule has 1 aliphatic heterocycles. The molecule has 4 heteroatoms. The number of amides is 1. The maximum atomic E-state index is 13.2. The SMILES string of the molecule is CCN(CC)C(=O)[C@H]1CN(C)[C@H]2Cc3c[nH]c4cccc(c34)[C@@H]1C2. The molecule has 1 aliphatic carbocycles. The molecule has 2 aliphatic rings. The number of H-pyrrole nitrogens is 1. The Morgan fingerprint density at radius 3 is 2.88 bits per heavy atom. The van der Waals surface area contributed by atoms with Crippen LogP contribution in [0.1, 0.15) is 37.3 Å². The molecule has 2 bridgehead atoms. The van der Waals surface area contributed by atoms with Crippen LogP contribution < -0.4 is 0 Å². The largest absolute Gasteiger partial charge is 0.361 e. The van der Waals surface area contributed by atoms with Crippen molar-refractivity contribution in [3.05, 3.63) is 35.5 Å². The van der Waals surface area contributed by atoms with Crippen LogP contribution in [-0.2, 0) is 11.2 Å². The summed E-state index contributed by atoms with van der Waals surface area (Å²) in [6, 6.07) is 7.07. The molecular formula is C20H27N3O. The Bertz CT molecular complexity index is 761. The van der Waals surface area contributed by atoms with E-state index in [1.54, 1.807) is 0 Å². The van der Waals surface area contributed by atoms with E-state index in [1.807, 2.05) is 4.90 Å². The number of nitrogens with one attached hydrogen (secondary N) is 1. The summed E-state index contributed by atoms with van der Waals surface area (Å²) in [5.74, 6) is 0.726. The lowest BCUT2D eigenvalue weighted by molar-refractivity contribution is -0.138. The van der Waals surface area contributed by atoms with Crippen molar-refractivity contribution >= 4 is 16.8 Å². The van der Waals surface area contributed by atoms with E-state index in [-0.39, 0.29) is 5.92 Å². The predicted octanol–water partition coefficient (Wildman–Crippen LogP) is 3.00. The summed E-state index contributed by atoms with van der Waals surface area (Å²) in [5.41, 5.74) is 4.01. The summed E-state index contributed by atoms with van der Waals surface area (Å²) in [7, 11) is 2.18. The van der Waals surface area contributed by atoms with Crippen LogP contribution in [0, 0.1) is 5.92 Å². The summed E-state index contributed by atoms with van der Waals surface area (Å²) >= 11 is 0. The Kier molecular flexibility index (Phi) is 3.87. The fourth-order valence-electron chi connectivity index (χ4n) is 4.84.